The van der Waals surface area contributed by atoms with Crippen LogP contribution in [0, 0.1) is 5.82 Å². The van der Waals surface area contributed by atoms with Crippen LogP contribution in [-0.2, 0) is 0 Å². The zero-order valence-electron chi connectivity index (χ0n) is 11.9. The summed E-state index contributed by atoms with van der Waals surface area (Å²) < 4.78 is 14.9. The molecule has 0 atom stereocenters. The second-order valence-corrected chi connectivity index (χ2v) is 5.42. The van der Waals surface area contributed by atoms with Crippen LogP contribution < -0.4 is 10.9 Å². The Labute approximate surface area is 121 Å². The first-order valence-corrected chi connectivity index (χ1v) is 7.25. The van der Waals surface area contributed by atoms with Crippen LogP contribution in [0.15, 0.2) is 29.1 Å². The number of hydrogen-bond donors (Lipinski definition) is 1. The molecule has 1 aliphatic rings. The number of nitrogens with one attached hydrogen (secondary N) is 1. The first kappa shape index (κ1) is 13.8. The summed E-state index contributed by atoms with van der Waals surface area (Å²) in [6.07, 6.45) is 2.63. The second kappa shape index (κ2) is 5.31. The largest absolute Gasteiger partial charge is 0.351 e. The summed E-state index contributed by atoms with van der Waals surface area (Å²) in [6, 6.07) is 5.76. The van der Waals surface area contributed by atoms with Gasteiger partial charge >= 0.3 is 0 Å². The SMILES string of the molecule is CCCNC(=O)c1cc2cc(F)ccc2c(=O)n1C1CC1. The quantitative estimate of drug-likeness (QED) is 0.940. The van der Waals surface area contributed by atoms with Crippen molar-refractivity contribution in [3.8, 4) is 0 Å². The van der Waals surface area contributed by atoms with Crippen molar-refractivity contribution in [1.82, 2.24) is 9.88 Å². The minimum Gasteiger partial charge on any atom is -0.351 e. The van der Waals surface area contributed by atoms with E-state index >= 15 is 0 Å². The maximum absolute atomic E-state index is 13.4. The highest BCUT2D eigenvalue weighted by atomic mass is 19.1. The molecule has 3 rings (SSSR count). The van der Waals surface area contributed by atoms with Gasteiger partial charge in [-0.2, -0.15) is 0 Å². The summed E-state index contributed by atoms with van der Waals surface area (Å²) >= 11 is 0. The van der Waals surface area contributed by atoms with Gasteiger partial charge in [-0.1, -0.05) is 6.92 Å². The fourth-order valence-electron chi connectivity index (χ4n) is 2.50. The third kappa shape index (κ3) is 2.55. The molecule has 1 aliphatic carbocycles. The van der Waals surface area contributed by atoms with Gasteiger partial charge in [0.1, 0.15) is 11.5 Å². The van der Waals surface area contributed by atoms with E-state index in [1.807, 2.05) is 6.92 Å². The molecule has 1 heterocycles. The molecule has 21 heavy (non-hydrogen) atoms. The second-order valence-electron chi connectivity index (χ2n) is 5.42. The molecule has 1 N–H and O–H groups in total. The summed E-state index contributed by atoms with van der Waals surface area (Å²) in [6.45, 7) is 2.52. The van der Waals surface area contributed by atoms with Crippen molar-refractivity contribution < 1.29 is 9.18 Å². The van der Waals surface area contributed by atoms with Crippen molar-refractivity contribution in [2.75, 3.05) is 6.54 Å². The number of fused-ring (bicyclic) bond motifs is 1. The highest BCUT2D eigenvalue weighted by Crippen LogP contribution is 2.35. The molecule has 2 aromatic rings. The molecule has 0 spiro atoms. The normalized spacial score (nSPS) is 14.4. The van der Waals surface area contributed by atoms with E-state index in [1.165, 1.54) is 18.2 Å². The molecule has 1 aromatic heterocycles. The van der Waals surface area contributed by atoms with Crippen LogP contribution in [0.2, 0.25) is 0 Å². The van der Waals surface area contributed by atoms with E-state index in [0.717, 1.165) is 19.3 Å². The molecule has 5 heteroatoms. The van der Waals surface area contributed by atoms with E-state index in [-0.39, 0.29) is 17.5 Å². The number of nitrogens with zero attached hydrogens (tertiary/aromatic N) is 1. The highest BCUT2D eigenvalue weighted by Gasteiger charge is 2.29. The van der Waals surface area contributed by atoms with Crippen molar-refractivity contribution in [1.29, 1.82) is 0 Å². The Kier molecular flexibility index (Phi) is 3.49. The third-order valence-electron chi connectivity index (χ3n) is 3.69. The number of carbonyl (C=O) groups excluding carboxylic acids is 1. The fourth-order valence-corrected chi connectivity index (χ4v) is 2.50. The predicted octanol–water partition coefficient (Wildman–Crippen LogP) is 2.62. The van der Waals surface area contributed by atoms with Gasteiger partial charge in [-0.05, 0) is 48.9 Å². The predicted molar refractivity (Wildman–Crippen MR) is 79.1 cm³/mol. The molecule has 0 radical (unpaired) electrons. The monoisotopic (exact) mass is 288 g/mol. The fraction of sp³-hybridized carbons (Fsp3) is 0.375. The average molecular weight is 288 g/mol. The lowest BCUT2D eigenvalue weighted by Crippen LogP contribution is -2.32. The van der Waals surface area contributed by atoms with Crippen LogP contribution in [0.25, 0.3) is 10.8 Å². The van der Waals surface area contributed by atoms with Gasteiger partial charge in [-0.25, -0.2) is 4.39 Å². The Balaban J connectivity index is 2.18. The zero-order valence-corrected chi connectivity index (χ0v) is 11.9. The van der Waals surface area contributed by atoms with Gasteiger partial charge in [0.2, 0.25) is 0 Å². The van der Waals surface area contributed by atoms with E-state index in [0.29, 0.717) is 23.0 Å². The van der Waals surface area contributed by atoms with Crippen LogP contribution in [0.1, 0.15) is 42.7 Å². The summed E-state index contributed by atoms with van der Waals surface area (Å²) in [5.74, 6) is -0.682. The van der Waals surface area contributed by atoms with Crippen LogP contribution >= 0.6 is 0 Å². The molecule has 1 saturated carbocycles. The van der Waals surface area contributed by atoms with E-state index < -0.39 is 5.82 Å². The lowest BCUT2D eigenvalue weighted by atomic mass is 10.1. The Bertz CT molecular complexity index is 763. The molecule has 4 nitrogen and oxygen atoms in total. The molecule has 0 aliphatic heterocycles. The van der Waals surface area contributed by atoms with Crippen molar-refractivity contribution in [3.05, 3.63) is 46.1 Å². The number of carbonyl (C=O) groups is 1. The topological polar surface area (TPSA) is 51.1 Å². The van der Waals surface area contributed by atoms with Gasteiger partial charge < -0.3 is 9.88 Å². The average Bonchev–Trinajstić information content (AvgIpc) is 3.28. The highest BCUT2D eigenvalue weighted by molar-refractivity contribution is 5.96. The lowest BCUT2D eigenvalue weighted by Gasteiger charge is -2.13. The Morgan fingerprint density at radius 3 is 2.81 bits per heavy atom. The number of halogens is 1. The number of amides is 1. The zero-order chi connectivity index (χ0) is 15.0. The number of aromatic nitrogens is 1. The maximum atomic E-state index is 13.4. The molecule has 0 saturated heterocycles. The van der Waals surface area contributed by atoms with E-state index in [4.69, 9.17) is 0 Å². The lowest BCUT2D eigenvalue weighted by molar-refractivity contribution is 0.0943. The molecule has 110 valence electrons. The van der Waals surface area contributed by atoms with Gasteiger partial charge in [0.05, 0.1) is 0 Å². The number of rotatable bonds is 4. The molecular formula is C16H17FN2O2. The smallest absolute Gasteiger partial charge is 0.268 e. The van der Waals surface area contributed by atoms with Crippen molar-refractivity contribution in [2.45, 2.75) is 32.2 Å². The molecule has 0 bridgehead atoms. The van der Waals surface area contributed by atoms with Crippen molar-refractivity contribution >= 4 is 16.7 Å². The molecule has 1 amide bonds. The Morgan fingerprint density at radius 2 is 2.14 bits per heavy atom. The summed E-state index contributed by atoms with van der Waals surface area (Å²) in [5, 5.41) is 3.71. The minimum absolute atomic E-state index is 0.0920. The van der Waals surface area contributed by atoms with E-state index in [2.05, 4.69) is 5.32 Å². The first-order valence-electron chi connectivity index (χ1n) is 7.25. The van der Waals surface area contributed by atoms with Gasteiger partial charge in [-0.3, -0.25) is 9.59 Å². The maximum Gasteiger partial charge on any atom is 0.268 e. The summed E-state index contributed by atoms with van der Waals surface area (Å²) in [7, 11) is 0. The van der Waals surface area contributed by atoms with Crippen LogP contribution in [0.5, 0.6) is 0 Å². The van der Waals surface area contributed by atoms with Crippen LogP contribution in [-0.4, -0.2) is 17.0 Å². The van der Waals surface area contributed by atoms with Crippen LogP contribution in [0.3, 0.4) is 0 Å². The first-order chi connectivity index (χ1) is 10.1. The van der Waals surface area contributed by atoms with Gasteiger partial charge in [0.25, 0.3) is 11.5 Å². The van der Waals surface area contributed by atoms with E-state index in [9.17, 15) is 14.0 Å². The number of benzene rings is 1. The van der Waals surface area contributed by atoms with Gasteiger partial charge in [-0.15, -0.1) is 0 Å². The summed E-state index contributed by atoms with van der Waals surface area (Å²) in [5.41, 5.74) is 0.116. The Hall–Kier alpha value is -2.17. The minimum atomic E-state index is -0.411. The number of pyridine rings is 1. The molecule has 0 unspecified atom stereocenters. The standard InChI is InChI=1S/C16H17FN2O2/c1-2-7-18-15(20)14-9-10-8-11(17)3-6-13(10)16(21)19(14)12-4-5-12/h3,6,8-9,12H,2,4-5,7H2,1H3,(H,18,20). The summed E-state index contributed by atoms with van der Waals surface area (Å²) in [4.78, 5) is 24.9. The molecule has 1 fully saturated rings. The van der Waals surface area contributed by atoms with Crippen LogP contribution in [0.4, 0.5) is 4.39 Å². The third-order valence-corrected chi connectivity index (χ3v) is 3.69. The van der Waals surface area contributed by atoms with Crippen molar-refractivity contribution in [3.63, 3.8) is 0 Å². The Morgan fingerprint density at radius 1 is 1.38 bits per heavy atom. The van der Waals surface area contributed by atoms with Gasteiger partial charge in [0.15, 0.2) is 0 Å². The number of hydrogen-bond acceptors (Lipinski definition) is 2. The molecular weight excluding hydrogens is 271 g/mol. The van der Waals surface area contributed by atoms with Crippen molar-refractivity contribution in [2.24, 2.45) is 0 Å². The van der Waals surface area contributed by atoms with Gasteiger partial charge in [0, 0.05) is 18.0 Å². The molecule has 1 aromatic carbocycles. The van der Waals surface area contributed by atoms with E-state index in [1.54, 1.807) is 10.6 Å².